The Morgan fingerprint density at radius 3 is 2.38 bits per heavy atom. The van der Waals surface area contributed by atoms with Gasteiger partial charge in [0.15, 0.2) is 6.10 Å². The van der Waals surface area contributed by atoms with Crippen LogP contribution in [0.1, 0.15) is 37.6 Å². The van der Waals surface area contributed by atoms with Crippen molar-refractivity contribution in [3.8, 4) is 16.9 Å². The van der Waals surface area contributed by atoms with E-state index in [1.54, 1.807) is 6.92 Å². The maximum Gasteiger partial charge on any atom is 0.258 e. The molecular weight excluding hydrogens is 362 g/mol. The lowest BCUT2D eigenvalue weighted by Crippen LogP contribution is -2.30. The average Bonchev–Trinajstić information content (AvgIpc) is 2.67. The molecule has 0 radical (unpaired) electrons. The third-order valence-electron chi connectivity index (χ3n) is 5.00. The molecule has 152 valence electrons. The fourth-order valence-corrected chi connectivity index (χ4v) is 3.49. The summed E-state index contributed by atoms with van der Waals surface area (Å²) in [7, 11) is 0. The van der Waals surface area contributed by atoms with Crippen molar-refractivity contribution in [2.45, 2.75) is 46.8 Å². The van der Waals surface area contributed by atoms with E-state index in [1.165, 1.54) is 5.56 Å². The fourth-order valence-electron chi connectivity index (χ4n) is 3.49. The number of carbonyl (C=O) groups is 1. The van der Waals surface area contributed by atoms with E-state index in [2.05, 4.69) is 45.0 Å². The lowest BCUT2D eigenvalue weighted by atomic mass is 9.91. The molecule has 0 fully saturated rings. The van der Waals surface area contributed by atoms with Gasteiger partial charge in [-0.1, -0.05) is 43.7 Å². The molecule has 1 amide bonds. The maximum atomic E-state index is 11.4. The first-order valence-electron chi connectivity index (χ1n) is 9.98. The number of aromatic nitrogens is 1. The summed E-state index contributed by atoms with van der Waals surface area (Å²) in [6.45, 7) is 8.47. The second kappa shape index (κ2) is 8.62. The molecule has 0 bridgehead atoms. The Hall–Kier alpha value is -2.92. The summed E-state index contributed by atoms with van der Waals surface area (Å²) in [6.07, 6.45) is 0.149. The Morgan fingerprint density at radius 1 is 1.10 bits per heavy atom. The number of fused-ring (bicyclic) bond motifs is 1. The van der Waals surface area contributed by atoms with Crippen molar-refractivity contribution < 1.29 is 9.53 Å². The number of carbonyl (C=O) groups excluding carboxylic acids is 1. The molecule has 3 rings (SSSR count). The van der Waals surface area contributed by atoms with Crippen molar-refractivity contribution in [2.75, 3.05) is 0 Å². The molecule has 5 nitrogen and oxygen atoms in total. The van der Waals surface area contributed by atoms with Crippen molar-refractivity contribution in [3.05, 3.63) is 59.3 Å². The summed E-state index contributed by atoms with van der Waals surface area (Å²) < 4.78 is 5.73. The Balaban J connectivity index is 2.26. The molecule has 1 aromatic heterocycles. The Bertz CT molecular complexity index is 1030. The van der Waals surface area contributed by atoms with Gasteiger partial charge in [0.05, 0.1) is 5.52 Å². The number of hydrogen-bond donors (Lipinski definition) is 2. The fraction of sp³-hybridized carbons (Fsp3) is 0.333. The van der Waals surface area contributed by atoms with Crippen molar-refractivity contribution >= 4 is 16.8 Å². The molecule has 0 aliphatic heterocycles. The number of nitrogens with zero attached hydrogens (tertiary/aromatic N) is 1. The topological polar surface area (TPSA) is 91.2 Å². The van der Waals surface area contributed by atoms with E-state index in [0.717, 1.165) is 39.7 Å². The zero-order valence-corrected chi connectivity index (χ0v) is 17.5. The molecule has 3 aromatic rings. The monoisotopic (exact) mass is 391 g/mol. The van der Waals surface area contributed by atoms with Crippen LogP contribution in [0.25, 0.3) is 22.0 Å². The standard InChI is InChI=1S/C24H29N3O2/c1-14(2)11-22-20(13-25)23(17-7-5-15(3)6-8-17)19-12-18(9-10-21(19)27-22)29-16(4)24(26)28/h5-10,12,14,16H,11,13,25H2,1-4H3,(H2,26,28). The molecule has 1 atom stereocenters. The van der Waals surface area contributed by atoms with Gasteiger partial charge in [-0.3, -0.25) is 9.78 Å². The maximum absolute atomic E-state index is 11.4. The molecule has 1 unspecified atom stereocenters. The first-order chi connectivity index (χ1) is 13.8. The van der Waals surface area contributed by atoms with Gasteiger partial charge < -0.3 is 16.2 Å². The van der Waals surface area contributed by atoms with Gasteiger partial charge in [-0.15, -0.1) is 0 Å². The summed E-state index contributed by atoms with van der Waals surface area (Å²) >= 11 is 0. The van der Waals surface area contributed by atoms with E-state index in [-0.39, 0.29) is 0 Å². The van der Waals surface area contributed by atoms with Crippen LogP contribution in [0.2, 0.25) is 0 Å². The summed E-state index contributed by atoms with van der Waals surface area (Å²) in [5.74, 6) is 0.547. The van der Waals surface area contributed by atoms with Crippen LogP contribution in [-0.2, 0) is 17.8 Å². The smallest absolute Gasteiger partial charge is 0.258 e. The molecule has 1 heterocycles. The predicted molar refractivity (Wildman–Crippen MR) is 118 cm³/mol. The number of ether oxygens (including phenoxy) is 1. The normalized spacial score (nSPS) is 12.3. The second-order valence-electron chi connectivity index (χ2n) is 7.92. The van der Waals surface area contributed by atoms with Crippen LogP contribution in [-0.4, -0.2) is 17.0 Å². The molecule has 5 heteroatoms. The summed E-state index contributed by atoms with van der Waals surface area (Å²) in [5.41, 5.74) is 17.9. The number of nitrogens with two attached hydrogens (primary N) is 2. The summed E-state index contributed by atoms with van der Waals surface area (Å²) in [6, 6.07) is 14.1. The highest BCUT2D eigenvalue weighted by Crippen LogP contribution is 2.36. The molecule has 0 saturated heterocycles. The SMILES string of the molecule is Cc1ccc(-c2c(CN)c(CC(C)C)nc3ccc(OC(C)C(N)=O)cc23)cc1. The van der Waals surface area contributed by atoms with E-state index in [4.69, 9.17) is 21.2 Å². The molecular formula is C24H29N3O2. The zero-order valence-electron chi connectivity index (χ0n) is 17.5. The molecule has 29 heavy (non-hydrogen) atoms. The number of hydrogen-bond acceptors (Lipinski definition) is 4. The lowest BCUT2D eigenvalue weighted by Gasteiger charge is -2.19. The Morgan fingerprint density at radius 2 is 1.79 bits per heavy atom. The largest absolute Gasteiger partial charge is 0.481 e. The highest BCUT2D eigenvalue weighted by Gasteiger charge is 2.18. The first-order valence-corrected chi connectivity index (χ1v) is 9.98. The van der Waals surface area contributed by atoms with Gasteiger partial charge in [0.1, 0.15) is 5.75 Å². The number of aryl methyl sites for hydroxylation is 1. The molecule has 0 aliphatic rings. The predicted octanol–water partition coefficient (Wildman–Crippen LogP) is 4.12. The summed E-state index contributed by atoms with van der Waals surface area (Å²) in [4.78, 5) is 16.3. The first kappa shape index (κ1) is 20.8. The molecule has 0 aliphatic carbocycles. The van der Waals surface area contributed by atoms with Gasteiger partial charge >= 0.3 is 0 Å². The lowest BCUT2D eigenvalue weighted by molar-refractivity contribution is -0.123. The number of benzene rings is 2. The van der Waals surface area contributed by atoms with Crippen LogP contribution in [0, 0.1) is 12.8 Å². The van der Waals surface area contributed by atoms with Crippen LogP contribution in [0.5, 0.6) is 5.75 Å². The van der Waals surface area contributed by atoms with Crippen molar-refractivity contribution in [1.29, 1.82) is 0 Å². The van der Waals surface area contributed by atoms with E-state index in [1.807, 2.05) is 18.2 Å². The van der Waals surface area contributed by atoms with E-state index in [9.17, 15) is 4.79 Å². The van der Waals surface area contributed by atoms with Gasteiger partial charge in [-0.2, -0.15) is 0 Å². The highest BCUT2D eigenvalue weighted by atomic mass is 16.5. The minimum Gasteiger partial charge on any atom is -0.481 e. The minimum atomic E-state index is -0.711. The van der Waals surface area contributed by atoms with Crippen LogP contribution in [0.4, 0.5) is 0 Å². The van der Waals surface area contributed by atoms with Crippen molar-refractivity contribution in [1.82, 2.24) is 4.98 Å². The van der Waals surface area contributed by atoms with Gasteiger partial charge in [0.2, 0.25) is 0 Å². The molecule has 4 N–H and O–H groups in total. The van der Waals surface area contributed by atoms with Crippen LogP contribution < -0.4 is 16.2 Å². The second-order valence-corrected chi connectivity index (χ2v) is 7.92. The van der Waals surface area contributed by atoms with Crippen LogP contribution in [0.3, 0.4) is 0 Å². The van der Waals surface area contributed by atoms with E-state index < -0.39 is 12.0 Å². The van der Waals surface area contributed by atoms with Gasteiger partial charge in [-0.25, -0.2) is 0 Å². The third kappa shape index (κ3) is 4.57. The number of pyridine rings is 1. The van der Waals surface area contributed by atoms with E-state index >= 15 is 0 Å². The van der Waals surface area contributed by atoms with Crippen LogP contribution in [0.15, 0.2) is 42.5 Å². The molecule has 0 spiro atoms. The number of amides is 1. The van der Waals surface area contributed by atoms with Crippen molar-refractivity contribution in [2.24, 2.45) is 17.4 Å². The number of primary amides is 1. The minimum absolute atomic E-state index is 0.400. The number of rotatable bonds is 7. The Labute approximate surface area is 172 Å². The average molecular weight is 392 g/mol. The van der Waals surface area contributed by atoms with Crippen LogP contribution >= 0.6 is 0 Å². The highest BCUT2D eigenvalue weighted by molar-refractivity contribution is 5.97. The quantitative estimate of drug-likeness (QED) is 0.634. The van der Waals surface area contributed by atoms with Crippen molar-refractivity contribution in [3.63, 3.8) is 0 Å². The molecule has 0 saturated carbocycles. The Kier molecular flexibility index (Phi) is 6.18. The van der Waals surface area contributed by atoms with E-state index in [0.29, 0.717) is 18.2 Å². The molecule has 2 aromatic carbocycles. The third-order valence-corrected chi connectivity index (χ3v) is 5.00. The summed E-state index contributed by atoms with van der Waals surface area (Å²) in [5, 5.41) is 0.955. The zero-order chi connectivity index (χ0) is 21.1. The van der Waals surface area contributed by atoms with Gasteiger partial charge in [0.25, 0.3) is 5.91 Å². The van der Waals surface area contributed by atoms with Gasteiger partial charge in [0, 0.05) is 17.6 Å². The van der Waals surface area contributed by atoms with Gasteiger partial charge in [-0.05, 0) is 61.1 Å².